The third-order valence-corrected chi connectivity index (χ3v) is 8.98. The minimum Gasteiger partial charge on any atom is -0.402 e. The molecule has 2 heteroatoms. The maximum Gasteiger partial charge on any atom is 0.253 e. The zero-order valence-electron chi connectivity index (χ0n) is 14.7. The Bertz CT molecular complexity index is 592. The van der Waals surface area contributed by atoms with E-state index in [0.717, 1.165) is 0 Å². The quantitative estimate of drug-likeness (QED) is 0.556. The molecule has 0 spiro atoms. The summed E-state index contributed by atoms with van der Waals surface area (Å²) in [7, 11) is -2.24. The van der Waals surface area contributed by atoms with Gasteiger partial charge in [0.2, 0.25) is 0 Å². The average molecular weight is 337 g/mol. The number of benzene rings is 2. The fraction of sp³-hybridized carbons (Fsp3) is 0.364. The second-order valence-electron chi connectivity index (χ2n) is 6.98. The number of hydrogen-bond donors (Lipinski definition) is 0. The van der Waals surface area contributed by atoms with Crippen LogP contribution < -0.4 is 10.4 Å². The molecule has 0 aromatic heterocycles. The summed E-state index contributed by atoms with van der Waals surface area (Å²) >= 11 is 0. The van der Waals surface area contributed by atoms with Crippen molar-refractivity contribution < 1.29 is 4.43 Å². The lowest BCUT2D eigenvalue weighted by Gasteiger charge is -2.37. The molecule has 0 saturated heterocycles. The van der Waals surface area contributed by atoms with E-state index >= 15 is 0 Å². The van der Waals surface area contributed by atoms with Crippen molar-refractivity contribution in [1.29, 1.82) is 0 Å². The first-order valence-corrected chi connectivity index (χ1v) is 11.6. The van der Waals surface area contributed by atoms with Crippen molar-refractivity contribution in [3.63, 3.8) is 0 Å². The molecule has 2 aromatic carbocycles. The second kappa shape index (κ2) is 7.95. The van der Waals surface area contributed by atoms with Gasteiger partial charge in [0.15, 0.2) is 0 Å². The lowest BCUT2D eigenvalue weighted by molar-refractivity contribution is 0.145. The first-order chi connectivity index (χ1) is 11.7. The molecule has 0 bridgehead atoms. The zero-order chi connectivity index (χ0) is 16.8. The Morgan fingerprint density at radius 1 is 0.917 bits per heavy atom. The first kappa shape index (κ1) is 17.2. The Morgan fingerprint density at radius 2 is 1.42 bits per heavy atom. The van der Waals surface area contributed by atoms with Crippen molar-refractivity contribution in [2.24, 2.45) is 5.92 Å². The van der Waals surface area contributed by atoms with E-state index in [0.29, 0.717) is 5.92 Å². The van der Waals surface area contributed by atoms with Crippen LogP contribution in [-0.4, -0.2) is 14.4 Å². The summed E-state index contributed by atoms with van der Waals surface area (Å²) in [5, 5.41) is 2.66. The molecule has 126 valence electrons. The summed E-state index contributed by atoms with van der Waals surface area (Å²) in [6, 6.07) is 21.5. The molecule has 0 radical (unpaired) electrons. The molecular weight excluding hydrogens is 308 g/mol. The van der Waals surface area contributed by atoms with Gasteiger partial charge in [0, 0.05) is 0 Å². The Labute approximate surface area is 147 Å². The highest BCUT2D eigenvalue weighted by Gasteiger charge is 2.38. The van der Waals surface area contributed by atoms with Gasteiger partial charge in [0.05, 0.1) is 6.10 Å². The highest BCUT2D eigenvalue weighted by molar-refractivity contribution is 6.96. The van der Waals surface area contributed by atoms with Crippen LogP contribution in [0.25, 0.3) is 0 Å². The van der Waals surface area contributed by atoms with Crippen LogP contribution in [0.2, 0.25) is 6.55 Å². The van der Waals surface area contributed by atoms with Gasteiger partial charge in [0.25, 0.3) is 8.32 Å². The lowest BCUT2D eigenvalue weighted by atomic mass is 9.85. The predicted octanol–water partition coefficient (Wildman–Crippen LogP) is 4.53. The van der Waals surface area contributed by atoms with E-state index in [1.54, 1.807) is 0 Å². The third kappa shape index (κ3) is 3.71. The third-order valence-electron chi connectivity index (χ3n) is 5.37. The van der Waals surface area contributed by atoms with Gasteiger partial charge in [-0.3, -0.25) is 0 Å². The molecule has 1 nitrogen and oxygen atoms in total. The summed E-state index contributed by atoms with van der Waals surface area (Å²) in [4.78, 5) is 0. The molecule has 0 N–H and O–H groups in total. The molecule has 1 unspecified atom stereocenters. The topological polar surface area (TPSA) is 9.23 Å². The van der Waals surface area contributed by atoms with E-state index in [9.17, 15) is 0 Å². The van der Waals surface area contributed by atoms with E-state index < -0.39 is 8.32 Å². The maximum atomic E-state index is 6.92. The van der Waals surface area contributed by atoms with Gasteiger partial charge in [-0.1, -0.05) is 86.0 Å². The fourth-order valence-corrected chi connectivity index (χ4v) is 6.98. The second-order valence-corrected chi connectivity index (χ2v) is 10.4. The van der Waals surface area contributed by atoms with Gasteiger partial charge in [0.1, 0.15) is 0 Å². The Hall–Kier alpha value is -1.64. The van der Waals surface area contributed by atoms with Crippen molar-refractivity contribution in [3.8, 4) is 0 Å². The molecular formula is C22H28OSi. The van der Waals surface area contributed by atoms with Gasteiger partial charge in [-0.15, -0.1) is 6.58 Å². The molecule has 0 amide bonds. The summed E-state index contributed by atoms with van der Waals surface area (Å²) in [6.45, 7) is 6.44. The summed E-state index contributed by atoms with van der Waals surface area (Å²) in [5.74, 6) is 0.621. The Morgan fingerprint density at radius 3 is 1.88 bits per heavy atom. The van der Waals surface area contributed by atoms with Crippen LogP contribution in [-0.2, 0) is 4.43 Å². The molecule has 1 aliphatic carbocycles. The SMILES string of the molecule is C=CC(O[Si](C)(c1ccccc1)c1ccccc1)C1CCCCC1. The van der Waals surface area contributed by atoms with Gasteiger partial charge in [-0.2, -0.15) is 0 Å². The Balaban J connectivity index is 1.94. The molecule has 1 atom stereocenters. The summed E-state index contributed by atoms with van der Waals surface area (Å²) < 4.78 is 6.92. The van der Waals surface area contributed by atoms with E-state index in [1.807, 2.05) is 6.08 Å². The average Bonchev–Trinajstić information content (AvgIpc) is 2.68. The van der Waals surface area contributed by atoms with E-state index in [2.05, 4.69) is 73.8 Å². The normalized spacial score (nSPS) is 17.4. The summed E-state index contributed by atoms with van der Waals surface area (Å²) in [6.07, 6.45) is 8.76. The molecule has 1 fully saturated rings. The smallest absolute Gasteiger partial charge is 0.253 e. The van der Waals surface area contributed by atoms with Gasteiger partial charge >= 0.3 is 0 Å². The maximum absolute atomic E-state index is 6.92. The molecule has 1 aliphatic rings. The monoisotopic (exact) mass is 336 g/mol. The molecule has 0 heterocycles. The largest absolute Gasteiger partial charge is 0.402 e. The van der Waals surface area contributed by atoms with Crippen molar-refractivity contribution in [2.75, 3.05) is 0 Å². The fourth-order valence-electron chi connectivity index (χ4n) is 3.89. The molecule has 24 heavy (non-hydrogen) atoms. The molecule has 2 aromatic rings. The standard InChI is InChI=1S/C22H28OSi/c1-3-22(19-13-7-4-8-14-19)23-24(2,20-15-9-5-10-16-20)21-17-11-6-12-18-21/h3,5-6,9-12,15-19,22H,1,4,7-8,13-14H2,2H3. The number of rotatable bonds is 6. The zero-order valence-corrected chi connectivity index (χ0v) is 15.7. The minimum absolute atomic E-state index is 0.155. The molecule has 3 rings (SSSR count). The van der Waals surface area contributed by atoms with E-state index in [-0.39, 0.29) is 6.10 Å². The minimum atomic E-state index is -2.24. The van der Waals surface area contributed by atoms with Crippen molar-refractivity contribution >= 4 is 18.7 Å². The predicted molar refractivity (Wildman–Crippen MR) is 105 cm³/mol. The van der Waals surface area contributed by atoms with Crippen molar-refractivity contribution in [3.05, 3.63) is 73.3 Å². The van der Waals surface area contributed by atoms with Gasteiger partial charge in [-0.25, -0.2) is 0 Å². The van der Waals surface area contributed by atoms with Crippen LogP contribution in [0.5, 0.6) is 0 Å². The van der Waals surface area contributed by atoms with Crippen molar-refractivity contribution in [1.82, 2.24) is 0 Å². The van der Waals surface area contributed by atoms with Crippen LogP contribution in [0.15, 0.2) is 73.3 Å². The molecule has 0 aliphatic heterocycles. The van der Waals surface area contributed by atoms with Crippen LogP contribution in [0, 0.1) is 5.92 Å². The van der Waals surface area contributed by atoms with E-state index in [1.165, 1.54) is 42.5 Å². The van der Waals surface area contributed by atoms with E-state index in [4.69, 9.17) is 4.43 Å². The highest BCUT2D eigenvalue weighted by atomic mass is 28.4. The Kier molecular flexibility index (Phi) is 5.70. The van der Waals surface area contributed by atoms with Crippen LogP contribution in [0.4, 0.5) is 0 Å². The van der Waals surface area contributed by atoms with Gasteiger partial charge in [-0.05, 0) is 35.7 Å². The van der Waals surface area contributed by atoms with Crippen LogP contribution in [0.3, 0.4) is 0 Å². The first-order valence-electron chi connectivity index (χ1n) is 9.15. The van der Waals surface area contributed by atoms with Crippen LogP contribution in [0.1, 0.15) is 32.1 Å². The lowest BCUT2D eigenvalue weighted by Crippen LogP contribution is -2.60. The summed E-state index contributed by atoms with van der Waals surface area (Å²) in [5.41, 5.74) is 0. The molecule has 1 saturated carbocycles. The number of hydrogen-bond acceptors (Lipinski definition) is 1. The van der Waals surface area contributed by atoms with Gasteiger partial charge < -0.3 is 4.43 Å². The highest BCUT2D eigenvalue weighted by Crippen LogP contribution is 2.30. The van der Waals surface area contributed by atoms with Crippen LogP contribution >= 0.6 is 0 Å². The van der Waals surface area contributed by atoms with Crippen molar-refractivity contribution in [2.45, 2.75) is 44.8 Å².